The number of hydrogen-bond acceptors (Lipinski definition) is 4. The van der Waals surface area contributed by atoms with Crippen LogP contribution in [-0.4, -0.2) is 7.11 Å². The first-order valence-corrected chi connectivity index (χ1v) is 5.16. The molecular formula is C13H14N2O2. The number of nitrogen functional groups attached to an aromatic ring is 2. The van der Waals surface area contributed by atoms with Gasteiger partial charge in [-0.05, 0) is 42.5 Å². The van der Waals surface area contributed by atoms with Crippen LogP contribution >= 0.6 is 0 Å². The van der Waals surface area contributed by atoms with Crippen LogP contribution in [0.2, 0.25) is 0 Å². The molecule has 2 rings (SSSR count). The maximum Gasteiger partial charge on any atom is 0.150 e. The van der Waals surface area contributed by atoms with Gasteiger partial charge in [-0.15, -0.1) is 0 Å². The minimum Gasteiger partial charge on any atom is -0.497 e. The van der Waals surface area contributed by atoms with Crippen molar-refractivity contribution >= 4 is 11.4 Å². The zero-order valence-corrected chi connectivity index (χ0v) is 9.51. The Morgan fingerprint density at radius 1 is 0.882 bits per heavy atom. The van der Waals surface area contributed by atoms with Crippen molar-refractivity contribution in [2.45, 2.75) is 0 Å². The van der Waals surface area contributed by atoms with Crippen LogP contribution in [0.5, 0.6) is 17.2 Å². The van der Waals surface area contributed by atoms with E-state index in [9.17, 15) is 0 Å². The molecule has 0 heterocycles. The van der Waals surface area contributed by atoms with Crippen molar-refractivity contribution < 1.29 is 9.47 Å². The van der Waals surface area contributed by atoms with E-state index in [4.69, 9.17) is 20.9 Å². The van der Waals surface area contributed by atoms with Gasteiger partial charge in [0.05, 0.1) is 12.8 Å². The molecular weight excluding hydrogens is 216 g/mol. The third-order valence-corrected chi connectivity index (χ3v) is 2.32. The molecule has 0 aliphatic carbocycles. The molecule has 2 aromatic rings. The number of benzene rings is 2. The Hall–Kier alpha value is -2.36. The molecule has 17 heavy (non-hydrogen) atoms. The van der Waals surface area contributed by atoms with Crippen molar-refractivity contribution in [3.8, 4) is 17.2 Å². The molecule has 0 fully saturated rings. The molecule has 0 unspecified atom stereocenters. The van der Waals surface area contributed by atoms with Crippen molar-refractivity contribution in [2.75, 3.05) is 18.6 Å². The quantitative estimate of drug-likeness (QED) is 0.795. The van der Waals surface area contributed by atoms with Crippen LogP contribution in [0.1, 0.15) is 0 Å². The van der Waals surface area contributed by atoms with E-state index in [1.54, 1.807) is 25.3 Å². The van der Waals surface area contributed by atoms with Crippen molar-refractivity contribution in [3.63, 3.8) is 0 Å². The van der Waals surface area contributed by atoms with E-state index in [2.05, 4.69) is 0 Å². The molecule has 0 aliphatic heterocycles. The smallest absolute Gasteiger partial charge is 0.150 e. The van der Waals surface area contributed by atoms with Gasteiger partial charge in [-0.3, -0.25) is 0 Å². The molecule has 0 spiro atoms. The SMILES string of the molecule is COc1ccc(Oc2ccc(N)cc2N)cc1. The topological polar surface area (TPSA) is 70.5 Å². The molecule has 0 atom stereocenters. The summed E-state index contributed by atoms with van der Waals surface area (Å²) in [5.41, 5.74) is 12.5. The van der Waals surface area contributed by atoms with Gasteiger partial charge in [0.1, 0.15) is 17.2 Å². The molecule has 4 nitrogen and oxygen atoms in total. The van der Waals surface area contributed by atoms with Crippen LogP contribution in [0.25, 0.3) is 0 Å². The summed E-state index contributed by atoms with van der Waals surface area (Å²) < 4.78 is 10.7. The third-order valence-electron chi connectivity index (χ3n) is 2.32. The fourth-order valence-electron chi connectivity index (χ4n) is 1.43. The molecule has 0 saturated heterocycles. The van der Waals surface area contributed by atoms with E-state index in [0.29, 0.717) is 22.9 Å². The summed E-state index contributed by atoms with van der Waals surface area (Å²) in [6, 6.07) is 12.4. The van der Waals surface area contributed by atoms with Gasteiger partial charge in [0, 0.05) is 5.69 Å². The predicted molar refractivity (Wildman–Crippen MR) is 68.3 cm³/mol. The van der Waals surface area contributed by atoms with Crippen LogP contribution in [-0.2, 0) is 0 Å². The monoisotopic (exact) mass is 230 g/mol. The minimum absolute atomic E-state index is 0.515. The Bertz CT molecular complexity index is 509. The lowest BCUT2D eigenvalue weighted by Gasteiger charge is -2.09. The average Bonchev–Trinajstić information content (AvgIpc) is 2.34. The van der Waals surface area contributed by atoms with E-state index < -0.39 is 0 Å². The van der Waals surface area contributed by atoms with Crippen LogP contribution in [0.3, 0.4) is 0 Å². The van der Waals surface area contributed by atoms with Gasteiger partial charge in [-0.25, -0.2) is 0 Å². The first-order chi connectivity index (χ1) is 8.19. The van der Waals surface area contributed by atoms with Crippen LogP contribution in [0.15, 0.2) is 42.5 Å². The zero-order valence-electron chi connectivity index (χ0n) is 9.51. The van der Waals surface area contributed by atoms with Crippen LogP contribution in [0.4, 0.5) is 11.4 Å². The fourth-order valence-corrected chi connectivity index (χ4v) is 1.43. The highest BCUT2D eigenvalue weighted by Crippen LogP contribution is 2.29. The van der Waals surface area contributed by atoms with Crippen molar-refractivity contribution in [1.29, 1.82) is 0 Å². The highest BCUT2D eigenvalue weighted by Gasteiger charge is 2.02. The number of hydrogen-bond donors (Lipinski definition) is 2. The van der Waals surface area contributed by atoms with Crippen molar-refractivity contribution in [3.05, 3.63) is 42.5 Å². The Morgan fingerprint density at radius 3 is 2.12 bits per heavy atom. The molecule has 4 N–H and O–H groups in total. The van der Waals surface area contributed by atoms with E-state index >= 15 is 0 Å². The highest BCUT2D eigenvalue weighted by atomic mass is 16.5. The summed E-state index contributed by atoms with van der Waals surface area (Å²) in [5.74, 6) is 2.06. The molecule has 4 heteroatoms. The van der Waals surface area contributed by atoms with E-state index in [-0.39, 0.29) is 0 Å². The Labute approximate surface area is 99.8 Å². The van der Waals surface area contributed by atoms with Gasteiger partial charge in [-0.1, -0.05) is 0 Å². The normalized spacial score (nSPS) is 9.94. The maximum absolute atomic E-state index is 5.80. The summed E-state index contributed by atoms with van der Waals surface area (Å²) in [7, 11) is 1.62. The number of nitrogens with two attached hydrogens (primary N) is 2. The summed E-state index contributed by atoms with van der Waals surface area (Å²) in [4.78, 5) is 0. The van der Waals surface area contributed by atoms with Crippen LogP contribution < -0.4 is 20.9 Å². The second-order valence-electron chi connectivity index (χ2n) is 3.57. The summed E-state index contributed by atoms with van der Waals surface area (Å²) in [6.07, 6.45) is 0. The van der Waals surface area contributed by atoms with E-state index in [1.165, 1.54) is 0 Å². The Morgan fingerprint density at radius 2 is 1.53 bits per heavy atom. The molecule has 0 aliphatic rings. The lowest BCUT2D eigenvalue weighted by molar-refractivity contribution is 0.413. The molecule has 88 valence electrons. The summed E-state index contributed by atoms with van der Waals surface area (Å²) in [5, 5.41) is 0. The van der Waals surface area contributed by atoms with Gasteiger partial charge in [0.25, 0.3) is 0 Å². The lowest BCUT2D eigenvalue weighted by atomic mass is 10.2. The van der Waals surface area contributed by atoms with Gasteiger partial charge in [0.2, 0.25) is 0 Å². The lowest BCUT2D eigenvalue weighted by Crippen LogP contribution is -1.94. The molecule has 0 aromatic heterocycles. The summed E-state index contributed by atoms with van der Waals surface area (Å²) in [6.45, 7) is 0. The second-order valence-corrected chi connectivity index (χ2v) is 3.57. The average molecular weight is 230 g/mol. The predicted octanol–water partition coefficient (Wildman–Crippen LogP) is 2.65. The first kappa shape index (κ1) is 11.1. The van der Waals surface area contributed by atoms with Gasteiger partial charge < -0.3 is 20.9 Å². The second kappa shape index (κ2) is 4.65. The highest BCUT2D eigenvalue weighted by molar-refractivity contribution is 5.61. The maximum atomic E-state index is 5.80. The number of ether oxygens (including phenoxy) is 2. The molecule has 0 bridgehead atoms. The van der Waals surface area contributed by atoms with Crippen LogP contribution in [0, 0.1) is 0 Å². The minimum atomic E-state index is 0.515. The van der Waals surface area contributed by atoms with Gasteiger partial charge in [-0.2, -0.15) is 0 Å². The molecule has 2 aromatic carbocycles. The zero-order chi connectivity index (χ0) is 12.3. The van der Waals surface area contributed by atoms with Gasteiger partial charge in [0.15, 0.2) is 0 Å². The Kier molecular flexibility index (Phi) is 3.05. The standard InChI is InChI=1S/C13H14N2O2/c1-16-10-3-5-11(6-4-10)17-13-7-2-9(14)8-12(13)15/h2-8H,14-15H2,1H3. The number of rotatable bonds is 3. The fraction of sp³-hybridized carbons (Fsp3) is 0.0769. The molecule has 0 radical (unpaired) electrons. The van der Waals surface area contributed by atoms with E-state index in [0.717, 1.165) is 5.75 Å². The van der Waals surface area contributed by atoms with Crippen molar-refractivity contribution in [2.24, 2.45) is 0 Å². The number of anilines is 2. The first-order valence-electron chi connectivity index (χ1n) is 5.16. The number of methoxy groups -OCH3 is 1. The van der Waals surface area contributed by atoms with Gasteiger partial charge >= 0.3 is 0 Å². The summed E-state index contributed by atoms with van der Waals surface area (Å²) >= 11 is 0. The van der Waals surface area contributed by atoms with E-state index in [1.807, 2.05) is 24.3 Å². The largest absolute Gasteiger partial charge is 0.497 e. The Balaban J connectivity index is 2.19. The van der Waals surface area contributed by atoms with Crippen molar-refractivity contribution in [1.82, 2.24) is 0 Å². The third kappa shape index (κ3) is 2.60. The molecule has 0 amide bonds. The molecule has 0 saturated carbocycles.